The maximum Gasteiger partial charge on any atom is 0.140 e. The SMILES string of the molecule is N#Cc1ccc(CCC2CC2)cn1. The highest BCUT2D eigenvalue weighted by molar-refractivity contribution is 5.23. The predicted octanol–water partition coefficient (Wildman–Crippen LogP) is 2.30. The molecule has 0 unspecified atom stereocenters. The van der Waals surface area contributed by atoms with E-state index in [9.17, 15) is 0 Å². The molecule has 1 aromatic rings. The third-order valence-electron chi connectivity index (χ3n) is 2.48. The lowest BCUT2D eigenvalue weighted by atomic mass is 10.1. The molecule has 0 amide bonds. The Bertz CT molecular complexity index is 317. The van der Waals surface area contributed by atoms with Gasteiger partial charge in [0, 0.05) is 6.20 Å². The second-order valence-electron chi connectivity index (χ2n) is 3.65. The van der Waals surface area contributed by atoms with Gasteiger partial charge in [-0.05, 0) is 30.4 Å². The smallest absolute Gasteiger partial charge is 0.140 e. The minimum absolute atomic E-state index is 0.509. The van der Waals surface area contributed by atoms with Crippen LogP contribution in [0.2, 0.25) is 0 Å². The van der Waals surface area contributed by atoms with Crippen LogP contribution in [0.25, 0.3) is 0 Å². The van der Waals surface area contributed by atoms with Gasteiger partial charge < -0.3 is 0 Å². The molecule has 2 nitrogen and oxygen atoms in total. The van der Waals surface area contributed by atoms with Gasteiger partial charge >= 0.3 is 0 Å². The molecule has 2 heteroatoms. The summed E-state index contributed by atoms with van der Waals surface area (Å²) in [5.74, 6) is 0.968. The van der Waals surface area contributed by atoms with Crippen LogP contribution in [0.5, 0.6) is 0 Å². The first-order valence-electron chi connectivity index (χ1n) is 4.73. The largest absolute Gasteiger partial charge is 0.245 e. The number of hydrogen-bond donors (Lipinski definition) is 0. The molecule has 66 valence electrons. The summed E-state index contributed by atoms with van der Waals surface area (Å²) in [6, 6.07) is 5.82. The van der Waals surface area contributed by atoms with E-state index in [1.54, 1.807) is 6.07 Å². The molecule has 2 rings (SSSR count). The van der Waals surface area contributed by atoms with Crippen molar-refractivity contribution in [2.75, 3.05) is 0 Å². The fourth-order valence-electron chi connectivity index (χ4n) is 1.42. The predicted molar refractivity (Wildman–Crippen MR) is 50.0 cm³/mol. The first-order chi connectivity index (χ1) is 6.38. The van der Waals surface area contributed by atoms with Gasteiger partial charge in [-0.25, -0.2) is 4.98 Å². The van der Waals surface area contributed by atoms with Crippen LogP contribution in [0, 0.1) is 17.2 Å². The number of nitrogens with zero attached hydrogens (tertiary/aromatic N) is 2. The van der Waals surface area contributed by atoms with E-state index in [1.807, 2.05) is 18.3 Å². The number of hydrogen-bond acceptors (Lipinski definition) is 2. The second-order valence-corrected chi connectivity index (χ2v) is 3.65. The van der Waals surface area contributed by atoms with E-state index in [4.69, 9.17) is 5.26 Å². The van der Waals surface area contributed by atoms with E-state index in [0.29, 0.717) is 5.69 Å². The molecule has 1 aromatic heterocycles. The molecule has 0 bridgehead atoms. The highest BCUT2D eigenvalue weighted by Crippen LogP contribution is 2.33. The van der Waals surface area contributed by atoms with E-state index in [0.717, 1.165) is 12.3 Å². The van der Waals surface area contributed by atoms with Gasteiger partial charge in [0.25, 0.3) is 0 Å². The van der Waals surface area contributed by atoms with E-state index < -0.39 is 0 Å². The monoisotopic (exact) mass is 172 g/mol. The van der Waals surface area contributed by atoms with Gasteiger partial charge in [0.15, 0.2) is 0 Å². The van der Waals surface area contributed by atoms with Crippen LogP contribution < -0.4 is 0 Å². The lowest BCUT2D eigenvalue weighted by Gasteiger charge is -1.98. The summed E-state index contributed by atoms with van der Waals surface area (Å²) in [4.78, 5) is 4.03. The maximum absolute atomic E-state index is 8.54. The quantitative estimate of drug-likeness (QED) is 0.701. The van der Waals surface area contributed by atoms with Crippen molar-refractivity contribution < 1.29 is 0 Å². The van der Waals surface area contributed by atoms with Crippen LogP contribution in [-0.2, 0) is 6.42 Å². The van der Waals surface area contributed by atoms with E-state index in [1.165, 1.54) is 24.8 Å². The molecule has 1 fully saturated rings. The molecule has 0 atom stereocenters. The fraction of sp³-hybridized carbons (Fsp3) is 0.455. The minimum atomic E-state index is 0.509. The topological polar surface area (TPSA) is 36.7 Å². The van der Waals surface area contributed by atoms with E-state index in [2.05, 4.69) is 4.98 Å². The first kappa shape index (κ1) is 8.25. The van der Waals surface area contributed by atoms with Crippen molar-refractivity contribution in [1.29, 1.82) is 5.26 Å². The first-order valence-corrected chi connectivity index (χ1v) is 4.73. The van der Waals surface area contributed by atoms with Crippen LogP contribution in [0.1, 0.15) is 30.5 Å². The minimum Gasteiger partial charge on any atom is -0.245 e. The van der Waals surface area contributed by atoms with Crippen molar-refractivity contribution in [3.8, 4) is 6.07 Å². The highest BCUT2D eigenvalue weighted by Gasteiger charge is 2.20. The van der Waals surface area contributed by atoms with Crippen LogP contribution in [0.4, 0.5) is 0 Å². The molecule has 0 saturated heterocycles. The van der Waals surface area contributed by atoms with Crippen molar-refractivity contribution in [2.45, 2.75) is 25.7 Å². The summed E-state index contributed by atoms with van der Waals surface area (Å²) in [7, 11) is 0. The molecule has 1 aliphatic carbocycles. The molecule has 13 heavy (non-hydrogen) atoms. The van der Waals surface area contributed by atoms with Gasteiger partial charge in [-0.2, -0.15) is 5.26 Å². The highest BCUT2D eigenvalue weighted by atomic mass is 14.7. The summed E-state index contributed by atoms with van der Waals surface area (Å²) in [5, 5.41) is 8.54. The normalized spacial score (nSPS) is 15.3. The fourth-order valence-corrected chi connectivity index (χ4v) is 1.42. The summed E-state index contributed by atoms with van der Waals surface area (Å²) < 4.78 is 0. The molecule has 1 aliphatic rings. The third-order valence-corrected chi connectivity index (χ3v) is 2.48. The van der Waals surface area contributed by atoms with Gasteiger partial charge in [-0.3, -0.25) is 0 Å². The summed E-state index contributed by atoms with van der Waals surface area (Å²) in [5.41, 5.74) is 1.76. The molecule has 0 radical (unpaired) electrons. The third kappa shape index (κ3) is 2.29. The summed E-state index contributed by atoms with van der Waals surface area (Å²) >= 11 is 0. The van der Waals surface area contributed by atoms with Gasteiger partial charge in [-0.1, -0.05) is 18.9 Å². The van der Waals surface area contributed by atoms with E-state index >= 15 is 0 Å². The number of aryl methyl sites for hydroxylation is 1. The Hall–Kier alpha value is -1.36. The molecule has 0 aromatic carbocycles. The van der Waals surface area contributed by atoms with E-state index in [-0.39, 0.29) is 0 Å². The van der Waals surface area contributed by atoms with Crippen LogP contribution in [0.15, 0.2) is 18.3 Å². The Labute approximate surface area is 78.2 Å². The average molecular weight is 172 g/mol. The van der Waals surface area contributed by atoms with Crippen molar-refractivity contribution in [3.63, 3.8) is 0 Å². The van der Waals surface area contributed by atoms with Crippen molar-refractivity contribution >= 4 is 0 Å². The lowest BCUT2D eigenvalue weighted by molar-refractivity contribution is 0.725. The van der Waals surface area contributed by atoms with Gasteiger partial charge in [-0.15, -0.1) is 0 Å². The van der Waals surface area contributed by atoms with Crippen molar-refractivity contribution in [3.05, 3.63) is 29.6 Å². The maximum atomic E-state index is 8.54. The molecular formula is C11H12N2. The Morgan fingerprint density at radius 2 is 2.31 bits per heavy atom. The second kappa shape index (κ2) is 3.57. The molecule has 0 spiro atoms. The number of pyridine rings is 1. The number of rotatable bonds is 3. The van der Waals surface area contributed by atoms with Crippen LogP contribution in [0.3, 0.4) is 0 Å². The standard InChI is InChI=1S/C11H12N2/c12-7-11-6-5-10(8-13-11)4-3-9-1-2-9/h5-6,8-9H,1-4H2. The molecule has 0 N–H and O–H groups in total. The van der Waals surface area contributed by atoms with Crippen LogP contribution in [-0.4, -0.2) is 4.98 Å². The van der Waals surface area contributed by atoms with Crippen molar-refractivity contribution in [1.82, 2.24) is 4.98 Å². The zero-order chi connectivity index (χ0) is 9.10. The van der Waals surface area contributed by atoms with Gasteiger partial charge in [0.1, 0.15) is 11.8 Å². The molecule has 0 aliphatic heterocycles. The summed E-state index contributed by atoms with van der Waals surface area (Å²) in [6.45, 7) is 0. The zero-order valence-corrected chi connectivity index (χ0v) is 7.53. The summed E-state index contributed by atoms with van der Waals surface area (Å²) in [6.07, 6.45) is 7.03. The Balaban J connectivity index is 1.93. The zero-order valence-electron chi connectivity index (χ0n) is 7.53. The Morgan fingerprint density at radius 3 is 2.85 bits per heavy atom. The average Bonchev–Trinajstić information content (AvgIpc) is 2.99. The lowest BCUT2D eigenvalue weighted by Crippen LogP contribution is -1.89. The van der Waals surface area contributed by atoms with Gasteiger partial charge in [0.2, 0.25) is 0 Å². The molecule has 1 heterocycles. The Kier molecular flexibility index (Phi) is 2.27. The Morgan fingerprint density at radius 1 is 1.46 bits per heavy atom. The molecule has 1 saturated carbocycles. The number of nitriles is 1. The molecular weight excluding hydrogens is 160 g/mol. The van der Waals surface area contributed by atoms with Crippen molar-refractivity contribution in [2.24, 2.45) is 5.92 Å². The van der Waals surface area contributed by atoms with Gasteiger partial charge in [0.05, 0.1) is 0 Å². The number of aromatic nitrogens is 1. The van der Waals surface area contributed by atoms with Crippen LogP contribution >= 0.6 is 0 Å².